The molecule has 3 rings (SSSR count). The molecule has 0 spiro atoms. The van der Waals surface area contributed by atoms with Crippen molar-refractivity contribution in [1.29, 1.82) is 0 Å². The Balaban J connectivity index is 2.06. The summed E-state index contributed by atoms with van der Waals surface area (Å²) in [7, 11) is 0. The van der Waals surface area contributed by atoms with Crippen LogP contribution in [0.15, 0.2) is 57.4 Å². The maximum Gasteiger partial charge on any atom is 0.135 e. The highest BCUT2D eigenvalue weighted by atomic mass is 79.9. The van der Waals surface area contributed by atoms with E-state index in [1.54, 1.807) is 0 Å². The third-order valence-corrected chi connectivity index (χ3v) is 3.86. The maximum absolute atomic E-state index is 6.24. The van der Waals surface area contributed by atoms with Crippen LogP contribution in [0.3, 0.4) is 0 Å². The lowest BCUT2D eigenvalue weighted by molar-refractivity contribution is 0.525. The molecule has 96 valence electrons. The molecule has 0 saturated heterocycles. The molecule has 1 aromatic heterocycles. The van der Waals surface area contributed by atoms with Gasteiger partial charge in [-0.05, 0) is 35.9 Å². The molecular weight excluding hydrogens is 326 g/mol. The van der Waals surface area contributed by atoms with E-state index in [0.717, 1.165) is 21.0 Å². The highest BCUT2D eigenvalue weighted by Gasteiger charge is 2.15. The summed E-state index contributed by atoms with van der Waals surface area (Å²) in [5.74, 6) is 0.709. The minimum atomic E-state index is -0.305. The van der Waals surface area contributed by atoms with Crippen molar-refractivity contribution in [2.45, 2.75) is 6.04 Å². The van der Waals surface area contributed by atoms with Gasteiger partial charge in [-0.25, -0.2) is 0 Å². The Morgan fingerprint density at radius 2 is 1.89 bits per heavy atom. The molecule has 1 atom stereocenters. The van der Waals surface area contributed by atoms with Gasteiger partial charge >= 0.3 is 0 Å². The van der Waals surface area contributed by atoms with Crippen LogP contribution < -0.4 is 5.73 Å². The number of fused-ring (bicyclic) bond motifs is 1. The smallest absolute Gasteiger partial charge is 0.135 e. The normalized spacial score (nSPS) is 12.8. The molecule has 1 heterocycles. The second-order valence-corrected chi connectivity index (χ2v) is 5.66. The molecule has 0 aliphatic rings. The number of rotatable bonds is 2. The van der Waals surface area contributed by atoms with Crippen LogP contribution in [-0.2, 0) is 0 Å². The summed E-state index contributed by atoms with van der Waals surface area (Å²) in [6, 6.07) is 15.1. The molecule has 0 aliphatic carbocycles. The molecule has 2 N–H and O–H groups in total. The predicted octanol–water partition coefficient (Wildman–Crippen LogP) is 4.90. The summed E-state index contributed by atoms with van der Waals surface area (Å²) < 4.78 is 6.78. The summed E-state index contributed by atoms with van der Waals surface area (Å²) in [4.78, 5) is 0. The number of benzene rings is 2. The van der Waals surface area contributed by atoms with Gasteiger partial charge in [0, 0.05) is 9.86 Å². The van der Waals surface area contributed by atoms with E-state index in [-0.39, 0.29) is 6.04 Å². The van der Waals surface area contributed by atoms with Gasteiger partial charge in [0.25, 0.3) is 0 Å². The van der Waals surface area contributed by atoms with Crippen molar-refractivity contribution in [3.63, 3.8) is 0 Å². The van der Waals surface area contributed by atoms with E-state index < -0.39 is 0 Å². The number of furan rings is 1. The average Bonchev–Trinajstić information content (AvgIpc) is 2.83. The van der Waals surface area contributed by atoms with E-state index in [4.69, 9.17) is 21.8 Å². The standard InChI is InChI=1S/C15H11BrClNO/c16-10-4-1-3-9(7-10)15(18)14-8-11-12(17)5-2-6-13(11)19-14/h1-8,15H,18H2. The first-order valence-electron chi connectivity index (χ1n) is 5.84. The monoisotopic (exact) mass is 335 g/mol. The molecule has 19 heavy (non-hydrogen) atoms. The summed E-state index contributed by atoms with van der Waals surface area (Å²) in [6.07, 6.45) is 0. The quantitative estimate of drug-likeness (QED) is 0.723. The predicted molar refractivity (Wildman–Crippen MR) is 81.4 cm³/mol. The molecule has 0 radical (unpaired) electrons. The first kappa shape index (κ1) is 12.7. The van der Waals surface area contributed by atoms with Crippen molar-refractivity contribution in [2.75, 3.05) is 0 Å². The van der Waals surface area contributed by atoms with Crippen LogP contribution in [0.1, 0.15) is 17.4 Å². The largest absolute Gasteiger partial charge is 0.459 e. The Labute approximate surface area is 124 Å². The summed E-state index contributed by atoms with van der Waals surface area (Å²) in [5, 5.41) is 1.57. The van der Waals surface area contributed by atoms with Crippen LogP contribution in [0.4, 0.5) is 0 Å². The molecule has 0 fully saturated rings. The van der Waals surface area contributed by atoms with Gasteiger partial charge in [0.05, 0.1) is 11.1 Å². The summed E-state index contributed by atoms with van der Waals surface area (Å²) >= 11 is 9.58. The van der Waals surface area contributed by atoms with Crippen LogP contribution in [0, 0.1) is 0 Å². The van der Waals surface area contributed by atoms with Crippen molar-refractivity contribution >= 4 is 38.5 Å². The Morgan fingerprint density at radius 1 is 1.11 bits per heavy atom. The molecule has 0 aliphatic heterocycles. The van der Waals surface area contributed by atoms with Gasteiger partial charge in [-0.3, -0.25) is 0 Å². The second kappa shape index (κ2) is 5.00. The Morgan fingerprint density at radius 3 is 2.63 bits per heavy atom. The van der Waals surface area contributed by atoms with Crippen molar-refractivity contribution < 1.29 is 4.42 Å². The minimum Gasteiger partial charge on any atom is -0.459 e. The summed E-state index contributed by atoms with van der Waals surface area (Å²) in [6.45, 7) is 0. The summed E-state index contributed by atoms with van der Waals surface area (Å²) in [5.41, 5.74) is 7.99. The van der Waals surface area contributed by atoms with Gasteiger partial charge < -0.3 is 10.2 Å². The van der Waals surface area contributed by atoms with Crippen LogP contribution in [-0.4, -0.2) is 0 Å². The second-order valence-electron chi connectivity index (χ2n) is 4.33. The van der Waals surface area contributed by atoms with Gasteiger partial charge in [0.2, 0.25) is 0 Å². The molecule has 0 amide bonds. The van der Waals surface area contributed by atoms with Crippen LogP contribution >= 0.6 is 27.5 Å². The van der Waals surface area contributed by atoms with Gasteiger partial charge in [0.15, 0.2) is 0 Å². The lowest BCUT2D eigenvalue weighted by Crippen LogP contribution is -2.10. The third-order valence-electron chi connectivity index (χ3n) is 3.04. The molecule has 0 bridgehead atoms. The van der Waals surface area contributed by atoms with Gasteiger partial charge in [0.1, 0.15) is 11.3 Å². The Kier molecular flexibility index (Phi) is 3.35. The van der Waals surface area contributed by atoms with E-state index in [0.29, 0.717) is 10.8 Å². The zero-order valence-electron chi connectivity index (χ0n) is 9.94. The highest BCUT2D eigenvalue weighted by molar-refractivity contribution is 9.10. The molecular formula is C15H11BrClNO. The molecule has 2 nitrogen and oxygen atoms in total. The third kappa shape index (κ3) is 2.41. The van der Waals surface area contributed by atoms with E-state index in [1.165, 1.54) is 0 Å². The zero-order chi connectivity index (χ0) is 13.4. The highest BCUT2D eigenvalue weighted by Crippen LogP contribution is 2.31. The fourth-order valence-electron chi connectivity index (χ4n) is 2.06. The van der Waals surface area contributed by atoms with Crippen molar-refractivity contribution in [3.8, 4) is 0 Å². The van der Waals surface area contributed by atoms with Gasteiger partial charge in [-0.15, -0.1) is 0 Å². The first-order chi connectivity index (χ1) is 9.15. The SMILES string of the molecule is NC(c1cccc(Br)c1)c1cc2c(Cl)cccc2o1. The van der Waals surface area contributed by atoms with Crippen molar-refractivity contribution in [1.82, 2.24) is 0 Å². The van der Waals surface area contributed by atoms with Crippen molar-refractivity contribution in [2.24, 2.45) is 5.73 Å². The lowest BCUT2D eigenvalue weighted by Gasteiger charge is -2.09. The lowest BCUT2D eigenvalue weighted by atomic mass is 10.1. The molecule has 3 aromatic rings. The Hall–Kier alpha value is -1.29. The van der Waals surface area contributed by atoms with E-state index in [1.807, 2.05) is 48.5 Å². The molecule has 1 unspecified atom stereocenters. The topological polar surface area (TPSA) is 39.2 Å². The zero-order valence-corrected chi connectivity index (χ0v) is 12.3. The number of hydrogen-bond donors (Lipinski definition) is 1. The number of halogens is 2. The number of nitrogens with two attached hydrogens (primary N) is 1. The van der Waals surface area contributed by atoms with E-state index in [9.17, 15) is 0 Å². The Bertz CT molecular complexity index is 738. The fourth-order valence-corrected chi connectivity index (χ4v) is 2.70. The molecule has 2 aromatic carbocycles. The fraction of sp³-hybridized carbons (Fsp3) is 0.0667. The van der Waals surface area contributed by atoms with Gasteiger partial charge in [-0.2, -0.15) is 0 Å². The van der Waals surface area contributed by atoms with Crippen LogP contribution in [0.2, 0.25) is 5.02 Å². The first-order valence-corrected chi connectivity index (χ1v) is 7.01. The van der Waals surface area contributed by atoms with E-state index in [2.05, 4.69) is 15.9 Å². The van der Waals surface area contributed by atoms with Gasteiger partial charge in [-0.1, -0.05) is 45.7 Å². The molecule has 0 saturated carbocycles. The van der Waals surface area contributed by atoms with Crippen LogP contribution in [0.25, 0.3) is 11.0 Å². The van der Waals surface area contributed by atoms with Crippen LogP contribution in [0.5, 0.6) is 0 Å². The van der Waals surface area contributed by atoms with Crippen molar-refractivity contribution in [3.05, 3.63) is 69.3 Å². The average molecular weight is 337 g/mol. The molecule has 4 heteroatoms. The number of hydrogen-bond acceptors (Lipinski definition) is 2. The van der Waals surface area contributed by atoms with E-state index >= 15 is 0 Å². The minimum absolute atomic E-state index is 0.305. The maximum atomic E-state index is 6.24.